The van der Waals surface area contributed by atoms with E-state index in [4.69, 9.17) is 5.11 Å². The third-order valence-electron chi connectivity index (χ3n) is 4.48. The fourth-order valence-electron chi connectivity index (χ4n) is 3.05. The standard InChI is InChI=1S/C16H20N2O3/c19-15-9-10-18(15)14-7-5-13(6-8-14)17-12-3-1-11(2-4-12)16(20)21/h5-8,11-12,17H,1-4,9-10H2,(H,20,21). The van der Waals surface area contributed by atoms with E-state index < -0.39 is 5.97 Å². The number of hydrogen-bond acceptors (Lipinski definition) is 3. The average Bonchev–Trinajstić information content (AvgIpc) is 2.48. The minimum atomic E-state index is -0.669. The second-order valence-electron chi connectivity index (χ2n) is 5.87. The molecule has 0 spiro atoms. The SMILES string of the molecule is O=C(O)C1CCC(Nc2ccc(N3CCC3=O)cc2)CC1. The lowest BCUT2D eigenvalue weighted by Crippen LogP contribution is -2.43. The van der Waals surface area contributed by atoms with E-state index in [9.17, 15) is 9.59 Å². The van der Waals surface area contributed by atoms with Crippen LogP contribution >= 0.6 is 0 Å². The Bertz CT molecular complexity index is 533. The zero-order valence-corrected chi connectivity index (χ0v) is 11.9. The number of amides is 1. The normalized spacial score (nSPS) is 25.3. The van der Waals surface area contributed by atoms with Crippen molar-refractivity contribution in [1.82, 2.24) is 0 Å². The van der Waals surface area contributed by atoms with Gasteiger partial charge in [0.05, 0.1) is 5.92 Å². The summed E-state index contributed by atoms with van der Waals surface area (Å²) < 4.78 is 0. The number of nitrogens with zero attached hydrogens (tertiary/aromatic N) is 1. The topological polar surface area (TPSA) is 69.6 Å². The first-order valence-corrected chi connectivity index (χ1v) is 7.53. The third kappa shape index (κ3) is 3.01. The summed E-state index contributed by atoms with van der Waals surface area (Å²) >= 11 is 0. The largest absolute Gasteiger partial charge is 0.481 e. The molecule has 1 saturated carbocycles. The third-order valence-corrected chi connectivity index (χ3v) is 4.48. The molecule has 1 aliphatic carbocycles. The Morgan fingerprint density at radius 1 is 1.14 bits per heavy atom. The second kappa shape index (κ2) is 5.76. The van der Waals surface area contributed by atoms with Crippen LogP contribution in [0, 0.1) is 5.92 Å². The molecule has 0 aromatic heterocycles. The summed E-state index contributed by atoms with van der Waals surface area (Å²) in [4.78, 5) is 24.1. The Hall–Kier alpha value is -2.04. The number of rotatable bonds is 4. The molecule has 2 N–H and O–H groups in total. The highest BCUT2D eigenvalue weighted by molar-refractivity contribution is 5.99. The lowest BCUT2D eigenvalue weighted by molar-refractivity contribution is -0.142. The monoisotopic (exact) mass is 288 g/mol. The number of aliphatic carboxylic acids is 1. The van der Waals surface area contributed by atoms with Crippen LogP contribution in [-0.4, -0.2) is 29.6 Å². The van der Waals surface area contributed by atoms with E-state index in [1.54, 1.807) is 4.90 Å². The van der Waals surface area contributed by atoms with Crippen molar-refractivity contribution in [2.24, 2.45) is 5.92 Å². The minimum Gasteiger partial charge on any atom is -0.481 e. The number of carboxylic acid groups (broad SMARTS) is 1. The van der Waals surface area contributed by atoms with Gasteiger partial charge in [-0.15, -0.1) is 0 Å². The van der Waals surface area contributed by atoms with E-state index >= 15 is 0 Å². The molecule has 2 fully saturated rings. The highest BCUT2D eigenvalue weighted by Gasteiger charge is 2.26. The molecule has 3 rings (SSSR count). The lowest BCUT2D eigenvalue weighted by atomic mass is 9.86. The Morgan fingerprint density at radius 2 is 1.81 bits per heavy atom. The van der Waals surface area contributed by atoms with Crippen molar-refractivity contribution in [3.05, 3.63) is 24.3 Å². The van der Waals surface area contributed by atoms with Gasteiger partial charge in [0.1, 0.15) is 0 Å². The van der Waals surface area contributed by atoms with Gasteiger partial charge in [-0.05, 0) is 49.9 Å². The minimum absolute atomic E-state index is 0.178. The van der Waals surface area contributed by atoms with Gasteiger partial charge < -0.3 is 15.3 Å². The Balaban J connectivity index is 1.54. The van der Waals surface area contributed by atoms with Gasteiger partial charge in [-0.1, -0.05) is 0 Å². The highest BCUT2D eigenvalue weighted by Crippen LogP contribution is 2.28. The highest BCUT2D eigenvalue weighted by atomic mass is 16.4. The maximum absolute atomic E-state index is 11.4. The summed E-state index contributed by atoms with van der Waals surface area (Å²) in [5.41, 5.74) is 1.98. The van der Waals surface area contributed by atoms with Gasteiger partial charge in [0.25, 0.3) is 0 Å². The molecule has 5 nitrogen and oxygen atoms in total. The molecule has 21 heavy (non-hydrogen) atoms. The van der Waals surface area contributed by atoms with Crippen LogP contribution < -0.4 is 10.2 Å². The number of carbonyl (C=O) groups excluding carboxylic acids is 1. The number of carboxylic acids is 1. The second-order valence-corrected chi connectivity index (χ2v) is 5.87. The molecule has 0 unspecified atom stereocenters. The molecule has 0 radical (unpaired) electrons. The summed E-state index contributed by atoms with van der Waals surface area (Å²) in [6.07, 6.45) is 3.92. The maximum Gasteiger partial charge on any atom is 0.306 e. The molecule has 0 atom stereocenters. The van der Waals surface area contributed by atoms with E-state index in [-0.39, 0.29) is 11.8 Å². The molecule has 1 amide bonds. The van der Waals surface area contributed by atoms with E-state index in [2.05, 4.69) is 5.32 Å². The van der Waals surface area contributed by atoms with Gasteiger partial charge in [-0.25, -0.2) is 0 Å². The molecular formula is C16H20N2O3. The maximum atomic E-state index is 11.4. The molecule has 1 saturated heterocycles. The first kappa shape index (κ1) is 13.9. The van der Waals surface area contributed by atoms with Crippen LogP contribution in [0.4, 0.5) is 11.4 Å². The van der Waals surface area contributed by atoms with E-state index in [1.165, 1.54) is 0 Å². The number of anilines is 2. The fraction of sp³-hybridized carbons (Fsp3) is 0.500. The predicted octanol–water partition coefficient (Wildman–Crippen LogP) is 2.48. The van der Waals surface area contributed by atoms with Crippen LogP contribution in [0.15, 0.2) is 24.3 Å². The summed E-state index contributed by atoms with van der Waals surface area (Å²) in [6.45, 7) is 0.810. The van der Waals surface area contributed by atoms with Crippen molar-refractivity contribution in [2.75, 3.05) is 16.8 Å². The van der Waals surface area contributed by atoms with Crippen LogP contribution in [-0.2, 0) is 9.59 Å². The number of β-lactam (4-membered cyclic amide) rings is 1. The van der Waals surface area contributed by atoms with Crippen LogP contribution in [0.5, 0.6) is 0 Å². The summed E-state index contributed by atoms with van der Waals surface area (Å²) in [5.74, 6) is -0.664. The molecular weight excluding hydrogens is 268 g/mol. The first-order chi connectivity index (χ1) is 10.1. The smallest absolute Gasteiger partial charge is 0.306 e. The number of nitrogens with one attached hydrogen (secondary N) is 1. The fourth-order valence-corrected chi connectivity index (χ4v) is 3.05. The molecule has 0 bridgehead atoms. The number of carbonyl (C=O) groups is 2. The Kier molecular flexibility index (Phi) is 3.82. The summed E-state index contributed by atoms with van der Waals surface area (Å²) in [7, 11) is 0. The van der Waals surface area contributed by atoms with Crippen molar-refractivity contribution in [3.63, 3.8) is 0 Å². The predicted molar refractivity (Wildman–Crippen MR) is 80.4 cm³/mol. The van der Waals surface area contributed by atoms with E-state index in [0.717, 1.165) is 43.6 Å². The molecule has 1 heterocycles. The van der Waals surface area contributed by atoms with E-state index in [0.29, 0.717) is 12.5 Å². The molecule has 1 aromatic rings. The van der Waals surface area contributed by atoms with Crippen molar-refractivity contribution < 1.29 is 14.7 Å². The van der Waals surface area contributed by atoms with Crippen LogP contribution in [0.1, 0.15) is 32.1 Å². The Labute approximate surface area is 123 Å². The summed E-state index contributed by atoms with van der Waals surface area (Å²) in [5, 5.41) is 12.5. The van der Waals surface area contributed by atoms with Crippen LogP contribution in [0.2, 0.25) is 0 Å². The van der Waals surface area contributed by atoms with Crippen molar-refractivity contribution in [1.29, 1.82) is 0 Å². The van der Waals surface area contributed by atoms with Crippen molar-refractivity contribution in [3.8, 4) is 0 Å². The van der Waals surface area contributed by atoms with Crippen molar-refractivity contribution >= 4 is 23.3 Å². The zero-order valence-electron chi connectivity index (χ0n) is 11.9. The summed E-state index contributed by atoms with van der Waals surface area (Å²) in [6, 6.07) is 8.25. The molecule has 5 heteroatoms. The molecule has 1 aliphatic heterocycles. The van der Waals surface area contributed by atoms with Gasteiger partial charge in [0, 0.05) is 30.4 Å². The average molecular weight is 288 g/mol. The molecule has 2 aliphatic rings. The van der Waals surface area contributed by atoms with Crippen molar-refractivity contribution in [2.45, 2.75) is 38.1 Å². The van der Waals surface area contributed by atoms with Crippen LogP contribution in [0.25, 0.3) is 0 Å². The molecule has 1 aromatic carbocycles. The number of hydrogen-bond donors (Lipinski definition) is 2. The van der Waals surface area contributed by atoms with Gasteiger partial charge in [0.15, 0.2) is 0 Å². The van der Waals surface area contributed by atoms with Gasteiger partial charge in [-0.2, -0.15) is 0 Å². The zero-order chi connectivity index (χ0) is 14.8. The van der Waals surface area contributed by atoms with Crippen LogP contribution in [0.3, 0.4) is 0 Å². The van der Waals surface area contributed by atoms with E-state index in [1.807, 2.05) is 24.3 Å². The Morgan fingerprint density at radius 3 is 2.29 bits per heavy atom. The first-order valence-electron chi connectivity index (χ1n) is 7.53. The quantitative estimate of drug-likeness (QED) is 0.835. The molecule has 112 valence electrons. The lowest BCUT2D eigenvalue weighted by Gasteiger charge is -2.31. The van der Waals surface area contributed by atoms with Gasteiger partial charge >= 0.3 is 5.97 Å². The van der Waals surface area contributed by atoms with Gasteiger partial charge in [-0.3, -0.25) is 9.59 Å². The number of benzene rings is 1. The van der Waals surface area contributed by atoms with Gasteiger partial charge in [0.2, 0.25) is 5.91 Å².